The van der Waals surface area contributed by atoms with Crippen LogP contribution in [0.15, 0.2) is 113 Å². The van der Waals surface area contributed by atoms with E-state index in [1.54, 1.807) is 42.5 Å². The molecule has 0 fully saturated rings. The molecular formula is C29H24ClFN4O5S. The van der Waals surface area contributed by atoms with Crippen LogP contribution in [0.2, 0.25) is 5.02 Å². The van der Waals surface area contributed by atoms with Gasteiger partial charge in [-0.25, -0.2) is 18.2 Å². The Hall–Kier alpha value is -4.74. The van der Waals surface area contributed by atoms with Crippen LogP contribution in [-0.4, -0.2) is 39.6 Å². The van der Waals surface area contributed by atoms with Crippen molar-refractivity contribution in [1.29, 1.82) is 0 Å². The monoisotopic (exact) mass is 594 g/mol. The summed E-state index contributed by atoms with van der Waals surface area (Å²) in [4.78, 5) is 24.7. The number of sulfonamides is 1. The van der Waals surface area contributed by atoms with Crippen molar-refractivity contribution in [3.8, 4) is 5.75 Å². The number of hydrogen-bond acceptors (Lipinski definition) is 6. The molecule has 0 aromatic heterocycles. The summed E-state index contributed by atoms with van der Waals surface area (Å²) < 4.78 is 46.0. The zero-order valence-corrected chi connectivity index (χ0v) is 23.0. The zero-order chi connectivity index (χ0) is 29.2. The first-order valence-corrected chi connectivity index (χ1v) is 14.0. The van der Waals surface area contributed by atoms with Gasteiger partial charge in [-0.3, -0.25) is 13.9 Å². The van der Waals surface area contributed by atoms with Gasteiger partial charge in [0.25, 0.3) is 21.8 Å². The fourth-order valence-electron chi connectivity index (χ4n) is 3.52. The van der Waals surface area contributed by atoms with Crippen molar-refractivity contribution in [1.82, 2.24) is 5.43 Å². The number of nitrogens with zero attached hydrogens (tertiary/aromatic N) is 2. The van der Waals surface area contributed by atoms with Gasteiger partial charge in [0.2, 0.25) is 0 Å². The van der Waals surface area contributed by atoms with E-state index in [1.807, 2.05) is 0 Å². The maximum Gasteiger partial charge on any atom is 0.264 e. The number of halogens is 2. The second kappa shape index (κ2) is 13.6. The fourth-order valence-corrected chi connectivity index (χ4v) is 5.08. The van der Waals surface area contributed by atoms with Gasteiger partial charge in [0.1, 0.15) is 18.1 Å². The maximum atomic E-state index is 13.3. The summed E-state index contributed by atoms with van der Waals surface area (Å²) in [7, 11) is -4.06. The molecule has 0 atom stereocenters. The molecule has 41 heavy (non-hydrogen) atoms. The number of ether oxygens (including phenoxy) is 1. The maximum absolute atomic E-state index is 13.3. The van der Waals surface area contributed by atoms with Crippen molar-refractivity contribution in [2.45, 2.75) is 4.90 Å². The molecule has 4 aromatic rings. The molecule has 2 amide bonds. The van der Waals surface area contributed by atoms with Gasteiger partial charge < -0.3 is 10.1 Å². The quantitative estimate of drug-likeness (QED) is 0.190. The van der Waals surface area contributed by atoms with Gasteiger partial charge in [-0.15, -0.1) is 0 Å². The van der Waals surface area contributed by atoms with Crippen molar-refractivity contribution >= 4 is 51.0 Å². The van der Waals surface area contributed by atoms with Crippen molar-refractivity contribution in [3.05, 3.63) is 120 Å². The molecule has 0 aliphatic heterocycles. The van der Waals surface area contributed by atoms with Crippen molar-refractivity contribution in [3.63, 3.8) is 0 Å². The lowest BCUT2D eigenvalue weighted by atomic mass is 10.2. The molecule has 4 aromatic carbocycles. The number of anilines is 2. The van der Waals surface area contributed by atoms with E-state index in [2.05, 4.69) is 15.8 Å². The van der Waals surface area contributed by atoms with Crippen molar-refractivity contribution in [2.24, 2.45) is 5.10 Å². The Bertz CT molecular complexity index is 1620. The van der Waals surface area contributed by atoms with E-state index in [9.17, 15) is 22.4 Å². The van der Waals surface area contributed by atoms with Crippen molar-refractivity contribution in [2.75, 3.05) is 22.8 Å². The van der Waals surface area contributed by atoms with Gasteiger partial charge in [0.05, 0.1) is 16.8 Å². The average Bonchev–Trinajstić information content (AvgIpc) is 2.98. The molecule has 0 aliphatic carbocycles. The predicted molar refractivity (Wildman–Crippen MR) is 155 cm³/mol. The minimum absolute atomic E-state index is 0.0292. The summed E-state index contributed by atoms with van der Waals surface area (Å²) in [6.07, 6.45) is 1.38. The molecule has 0 saturated heterocycles. The Balaban J connectivity index is 1.33. The van der Waals surface area contributed by atoms with Crippen LogP contribution in [-0.2, 0) is 19.6 Å². The van der Waals surface area contributed by atoms with E-state index in [1.165, 1.54) is 66.9 Å². The third kappa shape index (κ3) is 8.37. The highest BCUT2D eigenvalue weighted by atomic mass is 35.5. The number of hydrazone groups is 1. The van der Waals surface area contributed by atoms with Crippen LogP contribution in [0.25, 0.3) is 0 Å². The lowest BCUT2D eigenvalue weighted by molar-refractivity contribution is -0.119. The first kappa shape index (κ1) is 29.2. The molecule has 0 spiro atoms. The third-order valence-corrected chi connectivity index (χ3v) is 7.55. The predicted octanol–water partition coefficient (Wildman–Crippen LogP) is 4.84. The Kier molecular flexibility index (Phi) is 9.67. The van der Waals surface area contributed by atoms with Gasteiger partial charge in [-0.2, -0.15) is 5.10 Å². The smallest absolute Gasteiger partial charge is 0.264 e. The number of amides is 2. The molecule has 12 heteroatoms. The minimum atomic E-state index is -4.06. The minimum Gasteiger partial charge on any atom is -0.484 e. The normalized spacial score (nSPS) is 11.2. The molecule has 0 saturated carbocycles. The van der Waals surface area contributed by atoms with Crippen molar-refractivity contribution < 1.29 is 27.1 Å². The molecule has 210 valence electrons. The standard InChI is InChI=1S/C29H24ClFN4O5S/c30-22-8-14-25(15-9-22)35(41(38,39)27-4-2-1-3-5-27)19-28(36)34-32-18-21-6-16-26(17-7-21)40-20-29(37)33-24-12-10-23(31)11-13-24/h1-18H,19-20H2,(H,33,37)(H,34,36)/b32-18-. The lowest BCUT2D eigenvalue weighted by Gasteiger charge is -2.23. The highest BCUT2D eigenvalue weighted by Gasteiger charge is 2.27. The summed E-state index contributed by atoms with van der Waals surface area (Å²) in [6.45, 7) is -0.778. The van der Waals surface area contributed by atoms with Crippen LogP contribution >= 0.6 is 11.6 Å². The first-order chi connectivity index (χ1) is 19.7. The number of nitrogens with one attached hydrogen (secondary N) is 2. The Morgan fingerprint density at radius 1 is 0.878 bits per heavy atom. The summed E-state index contributed by atoms with van der Waals surface area (Å²) >= 11 is 5.95. The number of hydrogen-bond donors (Lipinski definition) is 2. The van der Waals surface area contributed by atoms with E-state index in [-0.39, 0.29) is 17.2 Å². The van der Waals surface area contributed by atoms with E-state index in [4.69, 9.17) is 16.3 Å². The Morgan fingerprint density at radius 2 is 1.54 bits per heavy atom. The van der Waals surface area contributed by atoms with Gasteiger partial charge in [0, 0.05) is 10.7 Å². The van der Waals surface area contributed by atoms with Crippen LogP contribution in [0, 0.1) is 5.82 Å². The molecule has 0 aliphatic rings. The summed E-state index contributed by atoms with van der Waals surface area (Å²) in [6, 6.07) is 25.8. The molecule has 0 heterocycles. The molecule has 4 rings (SSSR count). The zero-order valence-electron chi connectivity index (χ0n) is 21.4. The summed E-state index contributed by atoms with van der Waals surface area (Å²) in [5, 5.41) is 6.93. The molecule has 0 unspecified atom stereocenters. The third-order valence-electron chi connectivity index (χ3n) is 5.51. The number of carbonyl (C=O) groups excluding carboxylic acids is 2. The highest BCUT2D eigenvalue weighted by Crippen LogP contribution is 2.25. The Morgan fingerprint density at radius 3 is 2.20 bits per heavy atom. The van der Waals surface area contributed by atoms with Crippen LogP contribution in [0.4, 0.5) is 15.8 Å². The largest absolute Gasteiger partial charge is 0.484 e. The topological polar surface area (TPSA) is 117 Å². The van der Waals surface area contributed by atoms with Crippen LogP contribution in [0.3, 0.4) is 0 Å². The van der Waals surface area contributed by atoms with Gasteiger partial charge in [-0.05, 0) is 90.5 Å². The number of rotatable bonds is 11. The van der Waals surface area contributed by atoms with E-state index in [0.29, 0.717) is 22.0 Å². The van der Waals surface area contributed by atoms with Gasteiger partial charge >= 0.3 is 0 Å². The second-order valence-corrected chi connectivity index (χ2v) is 10.8. The van der Waals surface area contributed by atoms with E-state index in [0.717, 1.165) is 4.31 Å². The molecule has 9 nitrogen and oxygen atoms in total. The molecule has 2 N–H and O–H groups in total. The molecule has 0 radical (unpaired) electrons. The van der Waals surface area contributed by atoms with E-state index < -0.39 is 34.2 Å². The van der Waals surface area contributed by atoms with Crippen LogP contribution in [0.1, 0.15) is 5.56 Å². The number of carbonyl (C=O) groups is 2. The second-order valence-electron chi connectivity index (χ2n) is 8.51. The molecular weight excluding hydrogens is 571 g/mol. The fraction of sp³-hybridized carbons (Fsp3) is 0.0690. The van der Waals surface area contributed by atoms with E-state index >= 15 is 0 Å². The summed E-state index contributed by atoms with van der Waals surface area (Å²) in [5.41, 5.74) is 3.66. The first-order valence-electron chi connectivity index (χ1n) is 12.1. The van der Waals surface area contributed by atoms with Gasteiger partial charge in [-0.1, -0.05) is 29.8 Å². The average molecular weight is 595 g/mol. The highest BCUT2D eigenvalue weighted by molar-refractivity contribution is 7.92. The van der Waals surface area contributed by atoms with Gasteiger partial charge in [0.15, 0.2) is 6.61 Å². The SMILES string of the molecule is O=C(CN(c1ccc(Cl)cc1)S(=O)(=O)c1ccccc1)N/N=C\c1ccc(OCC(=O)Nc2ccc(F)cc2)cc1. The molecule has 0 bridgehead atoms. The van der Waals surface area contributed by atoms with Crippen LogP contribution < -0.4 is 19.8 Å². The van der Waals surface area contributed by atoms with Crippen LogP contribution in [0.5, 0.6) is 5.75 Å². The number of benzene rings is 4. The Labute approximate surface area is 241 Å². The summed E-state index contributed by atoms with van der Waals surface area (Å²) in [5.74, 6) is -1.06. The lowest BCUT2D eigenvalue weighted by Crippen LogP contribution is -2.39.